The van der Waals surface area contributed by atoms with Crippen molar-refractivity contribution in [2.75, 3.05) is 31.6 Å². The number of hydrogen-bond acceptors (Lipinski definition) is 3. The van der Waals surface area contributed by atoms with Gasteiger partial charge in [0.1, 0.15) is 0 Å². The Balaban J connectivity index is 0.00000161. The number of amides is 1. The Morgan fingerprint density at radius 2 is 2.24 bits per heavy atom. The molecule has 1 aromatic rings. The molecule has 0 radical (unpaired) electrons. The molecule has 0 unspecified atom stereocenters. The standard InChI is InChI=1S/C16H22N2O2.ClH/c19-16(18-9-10-20-11-12-6-7-12)14-3-1-5-15-13(14)4-2-8-17-15;/h1,3,5,12,17H,2,4,6-11H2,(H,18,19);1H. The van der Waals surface area contributed by atoms with Gasteiger partial charge in [0, 0.05) is 30.9 Å². The van der Waals surface area contributed by atoms with Gasteiger partial charge in [-0.2, -0.15) is 0 Å². The van der Waals surface area contributed by atoms with Crippen LogP contribution in [0.1, 0.15) is 35.2 Å². The van der Waals surface area contributed by atoms with Crippen LogP contribution in [0.3, 0.4) is 0 Å². The van der Waals surface area contributed by atoms with E-state index < -0.39 is 0 Å². The van der Waals surface area contributed by atoms with E-state index in [9.17, 15) is 4.79 Å². The summed E-state index contributed by atoms with van der Waals surface area (Å²) < 4.78 is 5.53. The van der Waals surface area contributed by atoms with E-state index in [4.69, 9.17) is 4.74 Å². The Morgan fingerprint density at radius 1 is 1.38 bits per heavy atom. The second-order valence-corrected chi connectivity index (χ2v) is 5.64. The number of halogens is 1. The van der Waals surface area contributed by atoms with Gasteiger partial charge in [-0.15, -0.1) is 12.4 Å². The van der Waals surface area contributed by atoms with E-state index in [1.165, 1.54) is 12.8 Å². The van der Waals surface area contributed by atoms with E-state index in [2.05, 4.69) is 10.6 Å². The molecule has 1 saturated carbocycles. The van der Waals surface area contributed by atoms with Crippen LogP contribution in [0.2, 0.25) is 0 Å². The van der Waals surface area contributed by atoms with E-state index in [0.29, 0.717) is 13.2 Å². The molecule has 1 aromatic carbocycles. The number of anilines is 1. The van der Waals surface area contributed by atoms with Gasteiger partial charge in [0.2, 0.25) is 0 Å². The van der Waals surface area contributed by atoms with Gasteiger partial charge in [0.05, 0.1) is 6.61 Å². The molecule has 5 heteroatoms. The lowest BCUT2D eigenvalue weighted by atomic mass is 9.97. The molecule has 0 saturated heterocycles. The maximum Gasteiger partial charge on any atom is 0.251 e. The lowest BCUT2D eigenvalue weighted by Gasteiger charge is -2.20. The van der Waals surface area contributed by atoms with E-state index >= 15 is 0 Å². The largest absolute Gasteiger partial charge is 0.385 e. The van der Waals surface area contributed by atoms with Gasteiger partial charge < -0.3 is 15.4 Å². The second-order valence-electron chi connectivity index (χ2n) is 5.64. The first-order valence-corrected chi connectivity index (χ1v) is 7.56. The third kappa shape index (κ3) is 4.35. The van der Waals surface area contributed by atoms with Crippen LogP contribution >= 0.6 is 12.4 Å². The van der Waals surface area contributed by atoms with Gasteiger partial charge >= 0.3 is 0 Å². The number of ether oxygens (including phenoxy) is 1. The number of hydrogen-bond donors (Lipinski definition) is 2. The Kier molecular flexibility index (Phi) is 5.88. The van der Waals surface area contributed by atoms with Gasteiger partial charge in [0.25, 0.3) is 5.91 Å². The summed E-state index contributed by atoms with van der Waals surface area (Å²) in [6, 6.07) is 5.89. The third-order valence-corrected chi connectivity index (χ3v) is 3.92. The summed E-state index contributed by atoms with van der Waals surface area (Å²) >= 11 is 0. The second kappa shape index (κ2) is 7.66. The molecule has 1 aliphatic heterocycles. The topological polar surface area (TPSA) is 50.4 Å². The maximum atomic E-state index is 12.2. The zero-order valence-electron chi connectivity index (χ0n) is 12.2. The fourth-order valence-corrected chi connectivity index (χ4v) is 2.59. The van der Waals surface area contributed by atoms with Crippen molar-refractivity contribution in [1.82, 2.24) is 5.32 Å². The first kappa shape index (κ1) is 16.1. The lowest BCUT2D eigenvalue weighted by molar-refractivity contribution is 0.0905. The molecule has 0 bridgehead atoms. The Hall–Kier alpha value is -1.26. The minimum atomic E-state index is 0. The molecule has 0 spiro atoms. The molecule has 0 atom stereocenters. The molecular formula is C16H23ClN2O2. The predicted molar refractivity (Wildman–Crippen MR) is 86.4 cm³/mol. The number of fused-ring (bicyclic) bond motifs is 1. The number of rotatable bonds is 6. The van der Waals surface area contributed by atoms with Crippen LogP contribution in [0.15, 0.2) is 18.2 Å². The Morgan fingerprint density at radius 3 is 3.05 bits per heavy atom. The summed E-state index contributed by atoms with van der Waals surface area (Å²) in [5, 5.41) is 6.30. The molecule has 2 aliphatic rings. The van der Waals surface area contributed by atoms with Crippen molar-refractivity contribution in [2.24, 2.45) is 5.92 Å². The van der Waals surface area contributed by atoms with Crippen LogP contribution in [0, 0.1) is 5.92 Å². The predicted octanol–water partition coefficient (Wildman–Crippen LogP) is 2.62. The van der Waals surface area contributed by atoms with Crippen molar-refractivity contribution in [3.8, 4) is 0 Å². The van der Waals surface area contributed by atoms with Crippen molar-refractivity contribution in [2.45, 2.75) is 25.7 Å². The zero-order chi connectivity index (χ0) is 13.8. The zero-order valence-corrected chi connectivity index (χ0v) is 13.0. The first-order valence-electron chi connectivity index (χ1n) is 7.56. The average molecular weight is 311 g/mol. The van der Waals surface area contributed by atoms with Crippen molar-refractivity contribution < 1.29 is 9.53 Å². The summed E-state index contributed by atoms with van der Waals surface area (Å²) in [5.74, 6) is 0.790. The molecule has 1 fully saturated rings. The SMILES string of the molecule is Cl.O=C(NCCOCC1CC1)c1cccc2c1CCCN2. The molecule has 1 amide bonds. The van der Waals surface area contributed by atoms with E-state index in [1.807, 2.05) is 18.2 Å². The van der Waals surface area contributed by atoms with Crippen LogP contribution in [0.5, 0.6) is 0 Å². The van der Waals surface area contributed by atoms with E-state index in [-0.39, 0.29) is 18.3 Å². The fourth-order valence-electron chi connectivity index (χ4n) is 2.59. The minimum Gasteiger partial charge on any atom is -0.385 e. The Labute approximate surface area is 132 Å². The van der Waals surface area contributed by atoms with Crippen LogP contribution in [0.4, 0.5) is 5.69 Å². The van der Waals surface area contributed by atoms with Gasteiger partial charge in [-0.3, -0.25) is 4.79 Å². The molecule has 0 aromatic heterocycles. The number of benzene rings is 1. The summed E-state index contributed by atoms with van der Waals surface area (Å²) in [6.45, 7) is 3.03. The van der Waals surface area contributed by atoms with Crippen molar-refractivity contribution in [3.63, 3.8) is 0 Å². The maximum absolute atomic E-state index is 12.2. The normalized spacial score (nSPS) is 16.4. The molecule has 3 rings (SSSR count). The lowest BCUT2D eigenvalue weighted by Crippen LogP contribution is -2.29. The molecule has 2 N–H and O–H groups in total. The summed E-state index contributed by atoms with van der Waals surface area (Å²) in [7, 11) is 0. The number of carbonyl (C=O) groups excluding carboxylic acids is 1. The quantitative estimate of drug-likeness (QED) is 0.794. The van der Waals surface area contributed by atoms with Crippen LogP contribution < -0.4 is 10.6 Å². The number of nitrogens with one attached hydrogen (secondary N) is 2. The highest BCUT2D eigenvalue weighted by Gasteiger charge is 2.21. The highest BCUT2D eigenvalue weighted by Crippen LogP contribution is 2.28. The summed E-state index contributed by atoms with van der Waals surface area (Å²) in [4.78, 5) is 12.2. The van der Waals surface area contributed by atoms with Crippen LogP contribution in [-0.2, 0) is 11.2 Å². The number of carbonyl (C=O) groups is 1. The van der Waals surface area contributed by atoms with E-state index in [0.717, 1.165) is 48.7 Å². The smallest absolute Gasteiger partial charge is 0.251 e. The van der Waals surface area contributed by atoms with Gasteiger partial charge in [0.15, 0.2) is 0 Å². The van der Waals surface area contributed by atoms with E-state index in [1.54, 1.807) is 0 Å². The highest BCUT2D eigenvalue weighted by molar-refractivity contribution is 5.97. The average Bonchev–Trinajstić information content (AvgIpc) is 3.30. The summed E-state index contributed by atoms with van der Waals surface area (Å²) in [6.07, 6.45) is 4.66. The van der Waals surface area contributed by atoms with Crippen LogP contribution in [0.25, 0.3) is 0 Å². The third-order valence-electron chi connectivity index (χ3n) is 3.92. The highest BCUT2D eigenvalue weighted by atomic mass is 35.5. The van der Waals surface area contributed by atoms with Crippen molar-refractivity contribution in [3.05, 3.63) is 29.3 Å². The molecule has 1 heterocycles. The molecular weight excluding hydrogens is 288 g/mol. The molecule has 21 heavy (non-hydrogen) atoms. The van der Waals surface area contributed by atoms with Gasteiger partial charge in [-0.25, -0.2) is 0 Å². The van der Waals surface area contributed by atoms with Crippen LogP contribution in [-0.4, -0.2) is 32.2 Å². The van der Waals surface area contributed by atoms with Crippen molar-refractivity contribution in [1.29, 1.82) is 0 Å². The minimum absolute atomic E-state index is 0. The Bertz CT molecular complexity index is 489. The van der Waals surface area contributed by atoms with Crippen molar-refractivity contribution >= 4 is 24.0 Å². The molecule has 116 valence electrons. The van der Waals surface area contributed by atoms with Gasteiger partial charge in [-0.1, -0.05) is 6.07 Å². The fraction of sp³-hybridized carbons (Fsp3) is 0.562. The van der Waals surface area contributed by atoms with Gasteiger partial charge in [-0.05, 0) is 49.3 Å². The summed E-state index contributed by atoms with van der Waals surface area (Å²) in [5.41, 5.74) is 3.06. The first-order chi connectivity index (χ1) is 9.84. The monoisotopic (exact) mass is 310 g/mol. The molecule has 1 aliphatic carbocycles. The molecule has 4 nitrogen and oxygen atoms in total.